The molecule has 0 saturated carbocycles. The van der Waals surface area contributed by atoms with Crippen LogP contribution in [0.2, 0.25) is 5.02 Å². The average molecular weight is 277 g/mol. The third kappa shape index (κ3) is 3.77. The van der Waals surface area contributed by atoms with Crippen LogP contribution in [0.15, 0.2) is 24.3 Å². The van der Waals surface area contributed by atoms with E-state index >= 15 is 0 Å². The topological polar surface area (TPSA) is 0 Å². The van der Waals surface area contributed by atoms with Gasteiger partial charge in [-0.05, 0) is 42.2 Å². The van der Waals surface area contributed by atoms with E-state index in [9.17, 15) is 13.2 Å². The molecule has 0 spiro atoms. The summed E-state index contributed by atoms with van der Waals surface area (Å²) >= 11 is 6.00. The maximum absolute atomic E-state index is 12.7. The number of hydrogen-bond acceptors (Lipinski definition) is 0. The van der Waals surface area contributed by atoms with Gasteiger partial charge in [-0.2, -0.15) is 13.2 Å². The van der Waals surface area contributed by atoms with Gasteiger partial charge in [-0.3, -0.25) is 0 Å². The van der Waals surface area contributed by atoms with Crippen molar-refractivity contribution in [1.29, 1.82) is 0 Å². The van der Waals surface area contributed by atoms with E-state index in [4.69, 9.17) is 11.6 Å². The van der Waals surface area contributed by atoms with Gasteiger partial charge in [0.15, 0.2) is 0 Å². The molecule has 0 aromatic heterocycles. The Bertz CT molecular complexity index is 433. The van der Waals surface area contributed by atoms with Crippen molar-refractivity contribution in [1.82, 2.24) is 0 Å². The van der Waals surface area contributed by atoms with E-state index in [1.807, 2.05) is 19.9 Å². The SMILES string of the molecule is CC/C=C(\CCC)c1cc(C(F)(F)F)ccc1Cl. The van der Waals surface area contributed by atoms with Crippen LogP contribution in [0, 0.1) is 0 Å². The van der Waals surface area contributed by atoms with Gasteiger partial charge in [-0.1, -0.05) is 37.9 Å². The van der Waals surface area contributed by atoms with Crippen LogP contribution in [0.4, 0.5) is 13.2 Å². The summed E-state index contributed by atoms with van der Waals surface area (Å²) in [4.78, 5) is 0. The first kappa shape index (κ1) is 15.1. The standard InChI is InChI=1S/C14H16ClF3/c1-3-5-10(6-4-2)12-9-11(14(16,17)18)7-8-13(12)15/h5,7-9H,3-4,6H2,1-2H3/b10-5+. The lowest BCUT2D eigenvalue weighted by molar-refractivity contribution is -0.137. The van der Waals surface area contributed by atoms with E-state index in [2.05, 4.69) is 0 Å². The molecule has 0 aliphatic heterocycles. The minimum absolute atomic E-state index is 0.371. The van der Waals surface area contributed by atoms with Gasteiger partial charge in [-0.25, -0.2) is 0 Å². The Hall–Kier alpha value is -0.960. The Morgan fingerprint density at radius 2 is 1.94 bits per heavy atom. The fourth-order valence-electron chi connectivity index (χ4n) is 1.81. The zero-order chi connectivity index (χ0) is 13.8. The molecule has 0 saturated heterocycles. The van der Waals surface area contributed by atoms with E-state index in [1.54, 1.807) is 0 Å². The minimum atomic E-state index is -4.33. The molecule has 1 rings (SSSR count). The number of allylic oxidation sites excluding steroid dienone is 2. The van der Waals surface area contributed by atoms with E-state index in [1.165, 1.54) is 6.07 Å². The van der Waals surface area contributed by atoms with Crippen LogP contribution < -0.4 is 0 Å². The molecule has 0 unspecified atom stereocenters. The summed E-state index contributed by atoms with van der Waals surface area (Å²) < 4.78 is 38.0. The molecule has 0 atom stereocenters. The predicted molar refractivity (Wildman–Crippen MR) is 69.6 cm³/mol. The fourth-order valence-corrected chi connectivity index (χ4v) is 2.05. The first-order valence-corrected chi connectivity index (χ1v) is 6.34. The summed E-state index contributed by atoms with van der Waals surface area (Å²) in [5.74, 6) is 0. The average Bonchev–Trinajstić information content (AvgIpc) is 2.28. The van der Waals surface area contributed by atoms with E-state index < -0.39 is 11.7 Å². The second-order valence-corrected chi connectivity index (χ2v) is 4.49. The van der Waals surface area contributed by atoms with Gasteiger partial charge < -0.3 is 0 Å². The number of rotatable bonds is 4. The lowest BCUT2D eigenvalue weighted by Crippen LogP contribution is -2.05. The van der Waals surface area contributed by atoms with Crippen LogP contribution in [0.25, 0.3) is 5.57 Å². The van der Waals surface area contributed by atoms with Crippen molar-refractivity contribution in [3.8, 4) is 0 Å². The smallest absolute Gasteiger partial charge is 0.166 e. The Balaban J connectivity index is 3.25. The van der Waals surface area contributed by atoms with Crippen molar-refractivity contribution in [2.45, 2.75) is 39.3 Å². The summed E-state index contributed by atoms with van der Waals surface area (Å²) in [6, 6.07) is 3.47. The van der Waals surface area contributed by atoms with Crippen LogP contribution in [-0.2, 0) is 6.18 Å². The van der Waals surface area contributed by atoms with Gasteiger partial charge in [0.2, 0.25) is 0 Å². The highest BCUT2D eigenvalue weighted by molar-refractivity contribution is 6.32. The number of benzene rings is 1. The number of alkyl halides is 3. The van der Waals surface area contributed by atoms with E-state index in [0.717, 1.165) is 37.0 Å². The minimum Gasteiger partial charge on any atom is -0.166 e. The molecule has 0 aliphatic rings. The molecule has 100 valence electrons. The highest BCUT2D eigenvalue weighted by atomic mass is 35.5. The molecule has 0 fully saturated rings. The van der Waals surface area contributed by atoms with E-state index in [-0.39, 0.29) is 0 Å². The zero-order valence-corrected chi connectivity index (χ0v) is 11.2. The molecule has 0 nitrogen and oxygen atoms in total. The molecule has 18 heavy (non-hydrogen) atoms. The molecular formula is C14H16ClF3. The summed E-state index contributed by atoms with van der Waals surface area (Å²) in [6.45, 7) is 3.95. The zero-order valence-electron chi connectivity index (χ0n) is 10.4. The molecule has 0 aliphatic carbocycles. The number of hydrogen-bond donors (Lipinski definition) is 0. The molecule has 0 amide bonds. The third-order valence-corrected chi connectivity index (χ3v) is 2.94. The van der Waals surface area contributed by atoms with Gasteiger partial charge >= 0.3 is 6.18 Å². The van der Waals surface area contributed by atoms with Gasteiger partial charge in [0.25, 0.3) is 0 Å². The monoisotopic (exact) mass is 276 g/mol. The second kappa shape index (κ2) is 6.28. The number of halogens is 4. The molecular weight excluding hydrogens is 261 g/mol. The first-order chi connectivity index (χ1) is 8.40. The van der Waals surface area contributed by atoms with Crippen molar-refractivity contribution >= 4 is 17.2 Å². The van der Waals surface area contributed by atoms with Crippen LogP contribution >= 0.6 is 11.6 Å². The molecule has 1 aromatic carbocycles. The Morgan fingerprint density at radius 3 is 2.44 bits per heavy atom. The Morgan fingerprint density at radius 1 is 1.28 bits per heavy atom. The maximum atomic E-state index is 12.7. The lowest BCUT2D eigenvalue weighted by atomic mass is 9.98. The van der Waals surface area contributed by atoms with Gasteiger partial charge in [-0.15, -0.1) is 0 Å². The van der Waals surface area contributed by atoms with Crippen LogP contribution in [0.1, 0.15) is 44.2 Å². The molecule has 4 heteroatoms. The summed E-state index contributed by atoms with van der Waals surface area (Å²) in [7, 11) is 0. The maximum Gasteiger partial charge on any atom is 0.416 e. The molecule has 0 radical (unpaired) electrons. The third-order valence-electron chi connectivity index (χ3n) is 2.61. The summed E-state index contributed by atoms with van der Waals surface area (Å²) in [6.07, 6.45) is -0.0110. The predicted octanol–water partition coefficient (Wildman–Crippen LogP) is 5.95. The molecule has 0 heterocycles. The quantitative estimate of drug-likeness (QED) is 0.637. The molecule has 1 aromatic rings. The lowest BCUT2D eigenvalue weighted by Gasteiger charge is -2.13. The van der Waals surface area contributed by atoms with Crippen molar-refractivity contribution in [2.24, 2.45) is 0 Å². The first-order valence-electron chi connectivity index (χ1n) is 5.96. The Labute approximate surface area is 110 Å². The van der Waals surface area contributed by atoms with Gasteiger partial charge in [0.1, 0.15) is 0 Å². The highest BCUT2D eigenvalue weighted by Gasteiger charge is 2.31. The largest absolute Gasteiger partial charge is 0.416 e. The van der Waals surface area contributed by atoms with Gasteiger partial charge in [0.05, 0.1) is 5.56 Å². The highest BCUT2D eigenvalue weighted by Crippen LogP contribution is 2.35. The molecule has 0 bridgehead atoms. The summed E-state index contributed by atoms with van der Waals surface area (Å²) in [5, 5.41) is 0.371. The van der Waals surface area contributed by atoms with Crippen molar-refractivity contribution < 1.29 is 13.2 Å². The van der Waals surface area contributed by atoms with Gasteiger partial charge in [0, 0.05) is 5.02 Å². The second-order valence-electron chi connectivity index (χ2n) is 4.08. The van der Waals surface area contributed by atoms with Crippen LogP contribution in [0.5, 0.6) is 0 Å². The Kier molecular flexibility index (Phi) is 5.27. The summed E-state index contributed by atoms with van der Waals surface area (Å²) in [5.41, 5.74) is 0.728. The van der Waals surface area contributed by atoms with Crippen molar-refractivity contribution in [3.05, 3.63) is 40.4 Å². The fraction of sp³-hybridized carbons (Fsp3) is 0.429. The normalized spacial score (nSPS) is 12.9. The van der Waals surface area contributed by atoms with Crippen molar-refractivity contribution in [3.63, 3.8) is 0 Å². The van der Waals surface area contributed by atoms with Crippen LogP contribution in [-0.4, -0.2) is 0 Å². The van der Waals surface area contributed by atoms with E-state index in [0.29, 0.717) is 10.6 Å². The van der Waals surface area contributed by atoms with Crippen LogP contribution in [0.3, 0.4) is 0 Å². The van der Waals surface area contributed by atoms with Crippen molar-refractivity contribution in [2.75, 3.05) is 0 Å². The molecule has 0 N–H and O–H groups in total.